The van der Waals surface area contributed by atoms with E-state index in [0.29, 0.717) is 42.9 Å². The predicted molar refractivity (Wildman–Crippen MR) is 109 cm³/mol. The molecule has 0 aliphatic carbocycles. The molecule has 2 aromatic carbocycles. The number of aromatic nitrogens is 2. The van der Waals surface area contributed by atoms with E-state index < -0.39 is 0 Å². The maximum absolute atomic E-state index is 12.8. The molecule has 0 spiro atoms. The first-order chi connectivity index (χ1) is 13.6. The summed E-state index contributed by atoms with van der Waals surface area (Å²) in [6, 6.07) is 15.6. The molecule has 6 heteroatoms. The van der Waals surface area contributed by atoms with Gasteiger partial charge >= 0.3 is 0 Å². The van der Waals surface area contributed by atoms with Crippen LogP contribution in [0.2, 0.25) is 0 Å². The van der Waals surface area contributed by atoms with Crippen LogP contribution < -0.4 is 5.56 Å². The third kappa shape index (κ3) is 3.82. The summed E-state index contributed by atoms with van der Waals surface area (Å²) < 4.78 is 0. The number of likely N-dealkylation sites (N-methyl/N-ethyl adjacent to an activating group) is 1. The number of carbonyl (C=O) groups excluding carboxylic acids is 1. The van der Waals surface area contributed by atoms with Gasteiger partial charge in [-0.1, -0.05) is 43.3 Å². The van der Waals surface area contributed by atoms with Gasteiger partial charge in [-0.25, -0.2) is 4.98 Å². The largest absolute Gasteiger partial charge is 0.337 e. The predicted octanol–water partition coefficient (Wildman–Crippen LogP) is 2.33. The molecule has 0 saturated heterocycles. The molecule has 0 bridgehead atoms. The quantitative estimate of drug-likeness (QED) is 0.742. The van der Waals surface area contributed by atoms with Crippen molar-refractivity contribution in [1.82, 2.24) is 19.8 Å². The van der Waals surface area contributed by atoms with E-state index in [2.05, 4.69) is 22.1 Å². The normalized spacial score (nSPS) is 13.7. The van der Waals surface area contributed by atoms with Crippen LogP contribution in [-0.2, 0) is 24.3 Å². The molecular weight excluding hydrogens is 352 g/mol. The third-order valence-corrected chi connectivity index (χ3v) is 5.32. The summed E-state index contributed by atoms with van der Waals surface area (Å²) in [6.07, 6.45) is 0.896. The Kier molecular flexibility index (Phi) is 5.21. The molecule has 1 N–H and O–H groups in total. The number of nitrogens with one attached hydrogen (secondary N) is 1. The highest BCUT2D eigenvalue weighted by molar-refractivity contribution is 5.79. The van der Waals surface area contributed by atoms with Crippen molar-refractivity contribution in [2.45, 2.75) is 26.4 Å². The second-order valence-electron chi connectivity index (χ2n) is 7.17. The van der Waals surface area contributed by atoms with Crippen LogP contribution >= 0.6 is 0 Å². The van der Waals surface area contributed by atoms with Crippen LogP contribution in [0.25, 0.3) is 10.9 Å². The van der Waals surface area contributed by atoms with Gasteiger partial charge in [-0.05, 0) is 36.2 Å². The van der Waals surface area contributed by atoms with Crippen LogP contribution in [0.5, 0.6) is 0 Å². The highest BCUT2D eigenvalue weighted by Gasteiger charge is 2.22. The number of H-pyrrole nitrogens is 1. The minimum Gasteiger partial charge on any atom is -0.337 e. The Hall–Kier alpha value is -2.99. The highest BCUT2D eigenvalue weighted by atomic mass is 16.2. The summed E-state index contributed by atoms with van der Waals surface area (Å²) in [6.45, 7) is 4.88. The Morgan fingerprint density at radius 2 is 1.89 bits per heavy atom. The molecule has 1 aromatic heterocycles. The molecule has 0 unspecified atom stereocenters. The Bertz CT molecular complexity index is 1060. The maximum Gasteiger partial charge on any atom is 0.258 e. The van der Waals surface area contributed by atoms with Gasteiger partial charge in [-0.2, -0.15) is 0 Å². The Balaban J connectivity index is 1.45. The fourth-order valence-corrected chi connectivity index (χ4v) is 3.70. The minimum absolute atomic E-state index is 0.111. The summed E-state index contributed by atoms with van der Waals surface area (Å²) in [5.41, 5.74) is 3.09. The molecule has 0 fully saturated rings. The van der Waals surface area contributed by atoms with Crippen molar-refractivity contribution in [1.29, 1.82) is 0 Å². The van der Waals surface area contributed by atoms with Crippen LogP contribution in [0.1, 0.15) is 23.9 Å². The highest BCUT2D eigenvalue weighted by Crippen LogP contribution is 2.18. The summed E-state index contributed by atoms with van der Waals surface area (Å²) in [7, 11) is 0. The zero-order chi connectivity index (χ0) is 19.5. The number of aromatic amines is 1. The van der Waals surface area contributed by atoms with E-state index in [-0.39, 0.29) is 11.5 Å². The Morgan fingerprint density at radius 3 is 2.71 bits per heavy atom. The molecule has 0 radical (unpaired) electrons. The molecule has 0 atom stereocenters. The summed E-state index contributed by atoms with van der Waals surface area (Å²) >= 11 is 0. The number of benzene rings is 2. The maximum atomic E-state index is 12.8. The molecule has 144 valence electrons. The minimum atomic E-state index is -0.143. The summed E-state index contributed by atoms with van der Waals surface area (Å²) in [5.74, 6) is 0.696. The van der Waals surface area contributed by atoms with Crippen molar-refractivity contribution in [2.75, 3.05) is 19.6 Å². The molecule has 1 aliphatic rings. The first-order valence-electron chi connectivity index (χ1n) is 9.69. The van der Waals surface area contributed by atoms with Gasteiger partial charge in [0.05, 0.1) is 24.0 Å². The molecule has 28 heavy (non-hydrogen) atoms. The number of rotatable bonds is 5. The number of fused-ring (bicyclic) bond motifs is 2. The van der Waals surface area contributed by atoms with E-state index in [4.69, 9.17) is 0 Å². The van der Waals surface area contributed by atoms with Gasteiger partial charge in [0.1, 0.15) is 5.82 Å². The van der Waals surface area contributed by atoms with E-state index in [1.807, 2.05) is 47.1 Å². The van der Waals surface area contributed by atoms with Crippen molar-refractivity contribution >= 4 is 16.8 Å². The van der Waals surface area contributed by atoms with E-state index >= 15 is 0 Å². The lowest BCUT2D eigenvalue weighted by atomic mass is 10.00. The molecule has 0 saturated carbocycles. The number of hydrogen-bond acceptors (Lipinski definition) is 4. The standard InChI is InChI=1S/C22H24N4O2/c1-2-25(14-20-23-19-10-6-5-9-18(19)22(28)24-20)15-21(27)26-12-11-16-7-3-4-8-17(16)13-26/h3-10H,2,11-15H2,1H3,(H,23,24,28). The lowest BCUT2D eigenvalue weighted by Crippen LogP contribution is -2.42. The molecule has 1 aliphatic heterocycles. The Morgan fingerprint density at radius 1 is 1.14 bits per heavy atom. The third-order valence-electron chi connectivity index (χ3n) is 5.32. The first-order valence-corrected chi connectivity index (χ1v) is 9.69. The first kappa shape index (κ1) is 18.4. The van der Waals surface area contributed by atoms with Crippen LogP contribution in [0, 0.1) is 0 Å². The van der Waals surface area contributed by atoms with Gasteiger partial charge < -0.3 is 9.88 Å². The van der Waals surface area contributed by atoms with Gasteiger partial charge in [-0.15, -0.1) is 0 Å². The van der Waals surface area contributed by atoms with E-state index in [0.717, 1.165) is 13.0 Å². The summed E-state index contributed by atoms with van der Waals surface area (Å²) in [4.78, 5) is 36.4. The van der Waals surface area contributed by atoms with E-state index in [9.17, 15) is 9.59 Å². The van der Waals surface area contributed by atoms with Crippen molar-refractivity contribution in [2.24, 2.45) is 0 Å². The molecule has 6 nitrogen and oxygen atoms in total. The average molecular weight is 376 g/mol. The SMILES string of the molecule is CCN(CC(=O)N1CCc2ccccc2C1)Cc1nc2ccccc2c(=O)[nH]1. The fraction of sp³-hybridized carbons (Fsp3) is 0.318. The van der Waals surface area contributed by atoms with Crippen molar-refractivity contribution in [3.63, 3.8) is 0 Å². The molecular formula is C22H24N4O2. The number of hydrogen-bond donors (Lipinski definition) is 1. The second-order valence-corrected chi connectivity index (χ2v) is 7.17. The van der Waals surface area contributed by atoms with Gasteiger partial charge in [0.2, 0.25) is 5.91 Å². The monoisotopic (exact) mass is 376 g/mol. The molecule has 4 rings (SSSR count). The van der Waals surface area contributed by atoms with Crippen molar-refractivity contribution < 1.29 is 4.79 Å². The topological polar surface area (TPSA) is 69.3 Å². The van der Waals surface area contributed by atoms with Crippen LogP contribution in [0.3, 0.4) is 0 Å². The van der Waals surface area contributed by atoms with Crippen molar-refractivity contribution in [3.8, 4) is 0 Å². The van der Waals surface area contributed by atoms with Crippen LogP contribution in [0.4, 0.5) is 0 Å². The second kappa shape index (κ2) is 7.94. The van der Waals surface area contributed by atoms with Gasteiger partial charge in [-0.3, -0.25) is 14.5 Å². The lowest BCUT2D eigenvalue weighted by molar-refractivity contribution is -0.133. The number of nitrogens with zero attached hydrogens (tertiary/aromatic N) is 3. The van der Waals surface area contributed by atoms with Crippen LogP contribution in [-0.4, -0.2) is 45.3 Å². The number of para-hydroxylation sites is 1. The number of carbonyl (C=O) groups is 1. The van der Waals surface area contributed by atoms with Gasteiger partial charge in [0.15, 0.2) is 0 Å². The fourth-order valence-electron chi connectivity index (χ4n) is 3.70. The van der Waals surface area contributed by atoms with Gasteiger partial charge in [0, 0.05) is 13.1 Å². The Labute approximate surface area is 163 Å². The summed E-state index contributed by atoms with van der Waals surface area (Å²) in [5, 5.41) is 0.581. The number of amides is 1. The van der Waals surface area contributed by atoms with Gasteiger partial charge in [0.25, 0.3) is 5.56 Å². The van der Waals surface area contributed by atoms with E-state index in [1.165, 1.54) is 11.1 Å². The van der Waals surface area contributed by atoms with Crippen LogP contribution in [0.15, 0.2) is 53.3 Å². The molecule has 1 amide bonds. The smallest absolute Gasteiger partial charge is 0.258 e. The van der Waals surface area contributed by atoms with Crippen molar-refractivity contribution in [3.05, 3.63) is 75.8 Å². The lowest BCUT2D eigenvalue weighted by Gasteiger charge is -2.31. The average Bonchev–Trinajstić information content (AvgIpc) is 2.73. The molecule has 2 heterocycles. The van der Waals surface area contributed by atoms with E-state index in [1.54, 1.807) is 6.07 Å². The zero-order valence-corrected chi connectivity index (χ0v) is 16.0. The zero-order valence-electron chi connectivity index (χ0n) is 16.0. The molecule has 3 aromatic rings.